The molecule has 0 radical (unpaired) electrons. The van der Waals surface area contributed by atoms with Crippen molar-refractivity contribution >= 4 is 34.3 Å². The van der Waals surface area contributed by atoms with E-state index in [4.69, 9.17) is 9.72 Å². The van der Waals surface area contributed by atoms with Crippen LogP contribution in [0.1, 0.15) is 18.3 Å². The fraction of sp³-hybridized carbons (Fsp3) is 0.348. The summed E-state index contributed by atoms with van der Waals surface area (Å²) in [4.78, 5) is 24.3. The van der Waals surface area contributed by atoms with E-state index in [9.17, 15) is 18.0 Å². The monoisotopic (exact) mass is 476 g/mol. The molecule has 1 aromatic heterocycles. The maximum Gasteiger partial charge on any atom is 0.416 e. The molecule has 1 saturated heterocycles. The largest absolute Gasteiger partial charge is 0.416 e. The predicted molar refractivity (Wildman–Crippen MR) is 121 cm³/mol. The normalized spacial score (nSPS) is 16.0. The van der Waals surface area contributed by atoms with Crippen LogP contribution in [0.25, 0.3) is 10.9 Å². The summed E-state index contributed by atoms with van der Waals surface area (Å²) < 4.78 is 44.3. The Morgan fingerprint density at radius 3 is 2.67 bits per heavy atom. The minimum absolute atomic E-state index is 0.0998. The smallest absolute Gasteiger partial charge is 0.379 e. The van der Waals surface area contributed by atoms with Crippen LogP contribution < -0.4 is 5.32 Å². The van der Waals surface area contributed by atoms with Gasteiger partial charge in [0.25, 0.3) is 0 Å². The number of ether oxygens (including phenoxy) is 1. The Morgan fingerprint density at radius 1 is 1.15 bits per heavy atom. The number of halogens is 3. The number of amides is 1. The van der Waals surface area contributed by atoms with Crippen molar-refractivity contribution in [2.75, 3.05) is 31.6 Å². The third kappa shape index (κ3) is 6.01. The highest BCUT2D eigenvalue weighted by atomic mass is 32.2. The highest BCUT2D eigenvalue weighted by molar-refractivity contribution is 8.00. The topological polar surface area (TPSA) is 67.3 Å². The Labute approximate surface area is 193 Å². The Bertz CT molecular complexity index is 1140. The van der Waals surface area contributed by atoms with E-state index < -0.39 is 22.9 Å². The molecule has 1 aliphatic rings. The quantitative estimate of drug-likeness (QED) is 0.414. The standard InChI is InChI=1S/C23H23F3N4O2S/c1-15(21(31)27-17-6-4-5-16(13-17)23(24,25)26)33-22-18-7-2-3-8-19(18)28-20(29-22)14-30-9-11-32-12-10-30/h2-8,13,15H,9-12,14H2,1H3,(H,27,31)/t15-/m1/s1. The van der Waals surface area contributed by atoms with Crippen molar-refractivity contribution in [2.24, 2.45) is 0 Å². The highest BCUT2D eigenvalue weighted by Gasteiger charge is 2.30. The van der Waals surface area contributed by atoms with Gasteiger partial charge >= 0.3 is 6.18 Å². The predicted octanol–water partition coefficient (Wildman–Crippen LogP) is 4.60. The molecular formula is C23H23F3N4O2S. The Kier molecular flexibility index (Phi) is 7.16. The molecule has 1 atom stereocenters. The van der Waals surface area contributed by atoms with Gasteiger partial charge in [0.1, 0.15) is 10.9 Å². The molecule has 2 heterocycles. The number of hydrogen-bond acceptors (Lipinski definition) is 6. The van der Waals surface area contributed by atoms with Gasteiger partial charge < -0.3 is 10.1 Å². The van der Waals surface area contributed by atoms with Crippen molar-refractivity contribution in [1.82, 2.24) is 14.9 Å². The van der Waals surface area contributed by atoms with Gasteiger partial charge in [-0.2, -0.15) is 13.2 Å². The van der Waals surface area contributed by atoms with Gasteiger partial charge in [0.15, 0.2) is 0 Å². The van der Waals surface area contributed by atoms with Crippen molar-refractivity contribution in [3.8, 4) is 0 Å². The minimum Gasteiger partial charge on any atom is -0.379 e. The van der Waals surface area contributed by atoms with Crippen LogP contribution in [0.3, 0.4) is 0 Å². The van der Waals surface area contributed by atoms with Crippen LogP contribution in [0.2, 0.25) is 0 Å². The van der Waals surface area contributed by atoms with Crippen molar-refractivity contribution in [2.45, 2.75) is 29.9 Å². The van der Waals surface area contributed by atoms with Gasteiger partial charge in [-0.3, -0.25) is 9.69 Å². The molecule has 1 N–H and O–H groups in total. The molecule has 1 fully saturated rings. The number of rotatable bonds is 6. The number of para-hydroxylation sites is 1. The summed E-state index contributed by atoms with van der Waals surface area (Å²) in [6.45, 7) is 5.21. The summed E-state index contributed by atoms with van der Waals surface area (Å²) >= 11 is 1.26. The van der Waals surface area contributed by atoms with Crippen LogP contribution >= 0.6 is 11.8 Å². The lowest BCUT2D eigenvalue weighted by Crippen LogP contribution is -2.36. The van der Waals surface area contributed by atoms with E-state index in [2.05, 4.69) is 15.2 Å². The maximum absolute atomic E-state index is 13.0. The number of anilines is 1. The van der Waals surface area contributed by atoms with Gasteiger partial charge in [0.2, 0.25) is 5.91 Å². The third-order valence-corrected chi connectivity index (χ3v) is 6.30. The molecule has 10 heteroatoms. The van der Waals surface area contributed by atoms with Crippen molar-refractivity contribution < 1.29 is 22.7 Å². The highest BCUT2D eigenvalue weighted by Crippen LogP contribution is 2.32. The number of fused-ring (bicyclic) bond motifs is 1. The SMILES string of the molecule is C[C@@H](Sc1nc(CN2CCOCC2)nc2ccccc12)C(=O)Nc1cccc(C(F)(F)F)c1. The van der Waals surface area contributed by atoms with Crippen LogP contribution in [0.15, 0.2) is 53.6 Å². The minimum atomic E-state index is -4.47. The number of carbonyl (C=O) groups excluding carboxylic acids is 1. The van der Waals surface area contributed by atoms with Gasteiger partial charge in [-0.1, -0.05) is 36.0 Å². The second kappa shape index (κ2) is 10.1. The van der Waals surface area contributed by atoms with E-state index in [1.54, 1.807) is 6.92 Å². The van der Waals surface area contributed by atoms with Gasteiger partial charge in [-0.15, -0.1) is 0 Å². The average molecular weight is 477 g/mol. The van der Waals surface area contributed by atoms with Crippen LogP contribution in [-0.4, -0.2) is 52.3 Å². The number of nitrogens with zero attached hydrogens (tertiary/aromatic N) is 3. The number of morpholine rings is 1. The fourth-order valence-corrected chi connectivity index (χ4v) is 4.41. The molecule has 1 aliphatic heterocycles. The zero-order chi connectivity index (χ0) is 23.4. The molecule has 3 aromatic rings. The summed E-state index contributed by atoms with van der Waals surface area (Å²) in [5.41, 5.74) is 0.0710. The number of benzene rings is 2. The second-order valence-electron chi connectivity index (χ2n) is 7.68. The van der Waals surface area contributed by atoms with Crippen LogP contribution in [0.4, 0.5) is 18.9 Å². The molecule has 0 aliphatic carbocycles. The molecule has 174 valence electrons. The number of nitrogens with one attached hydrogen (secondary N) is 1. The van der Waals surface area contributed by atoms with E-state index >= 15 is 0 Å². The number of thioether (sulfide) groups is 1. The van der Waals surface area contributed by atoms with E-state index in [-0.39, 0.29) is 5.69 Å². The van der Waals surface area contributed by atoms with Crippen LogP contribution in [0.5, 0.6) is 0 Å². The maximum atomic E-state index is 13.0. The molecule has 0 unspecified atom stereocenters. The molecule has 0 spiro atoms. The first-order chi connectivity index (χ1) is 15.8. The van der Waals surface area contributed by atoms with E-state index in [1.807, 2.05) is 24.3 Å². The number of carbonyl (C=O) groups is 1. The lowest BCUT2D eigenvalue weighted by molar-refractivity contribution is -0.137. The van der Waals surface area contributed by atoms with Crippen molar-refractivity contribution in [3.05, 3.63) is 59.9 Å². The van der Waals surface area contributed by atoms with Crippen molar-refractivity contribution in [1.29, 1.82) is 0 Å². The number of alkyl halides is 3. The molecule has 4 rings (SSSR count). The van der Waals surface area contributed by atoms with Gasteiger partial charge in [-0.25, -0.2) is 9.97 Å². The number of hydrogen-bond donors (Lipinski definition) is 1. The lowest BCUT2D eigenvalue weighted by atomic mass is 10.2. The van der Waals surface area contributed by atoms with Crippen LogP contribution in [0, 0.1) is 0 Å². The van der Waals surface area contributed by atoms with Gasteiger partial charge in [0.05, 0.1) is 36.1 Å². The number of aromatic nitrogens is 2. The Morgan fingerprint density at radius 2 is 1.91 bits per heavy atom. The summed E-state index contributed by atoms with van der Waals surface area (Å²) in [6, 6.07) is 12.2. The summed E-state index contributed by atoms with van der Waals surface area (Å²) in [5.74, 6) is 0.250. The van der Waals surface area contributed by atoms with E-state index in [1.165, 1.54) is 23.9 Å². The summed E-state index contributed by atoms with van der Waals surface area (Å²) in [5, 5.41) is 3.48. The zero-order valence-electron chi connectivity index (χ0n) is 17.9. The van der Waals surface area contributed by atoms with Crippen LogP contribution in [-0.2, 0) is 22.3 Å². The Balaban J connectivity index is 1.51. The molecule has 2 aromatic carbocycles. The Hall–Kier alpha value is -2.69. The van der Waals surface area contributed by atoms with Crippen molar-refractivity contribution in [3.63, 3.8) is 0 Å². The summed E-state index contributed by atoms with van der Waals surface area (Å²) in [7, 11) is 0. The molecule has 1 amide bonds. The van der Waals surface area contributed by atoms with Gasteiger partial charge in [0, 0.05) is 24.2 Å². The average Bonchev–Trinajstić information content (AvgIpc) is 2.79. The molecule has 0 bridgehead atoms. The molecule has 0 saturated carbocycles. The van der Waals surface area contributed by atoms with E-state index in [0.717, 1.165) is 36.1 Å². The van der Waals surface area contributed by atoms with E-state index in [0.29, 0.717) is 30.6 Å². The first kappa shape index (κ1) is 23.5. The molecular weight excluding hydrogens is 453 g/mol. The fourth-order valence-electron chi connectivity index (χ4n) is 3.45. The van der Waals surface area contributed by atoms with Gasteiger partial charge in [-0.05, 0) is 31.2 Å². The first-order valence-corrected chi connectivity index (χ1v) is 11.4. The third-order valence-electron chi connectivity index (χ3n) is 5.20. The molecule has 6 nitrogen and oxygen atoms in total. The first-order valence-electron chi connectivity index (χ1n) is 10.5. The lowest BCUT2D eigenvalue weighted by Gasteiger charge is -2.26. The zero-order valence-corrected chi connectivity index (χ0v) is 18.7. The molecule has 33 heavy (non-hydrogen) atoms. The second-order valence-corrected chi connectivity index (χ2v) is 9.01. The summed E-state index contributed by atoms with van der Waals surface area (Å²) in [6.07, 6.45) is -4.47.